The molecule has 2 aliphatic heterocycles. The van der Waals surface area contributed by atoms with Gasteiger partial charge in [0.25, 0.3) is 11.4 Å². The summed E-state index contributed by atoms with van der Waals surface area (Å²) in [6.45, 7) is 7.07. The van der Waals surface area contributed by atoms with Gasteiger partial charge in [0.05, 0.1) is 12.1 Å². The maximum atomic E-state index is 13.3. The van der Waals surface area contributed by atoms with E-state index in [4.69, 9.17) is 4.74 Å². The molecule has 1 saturated carbocycles. The van der Waals surface area contributed by atoms with Crippen LogP contribution in [0.5, 0.6) is 11.5 Å². The molecule has 2 bridgehead atoms. The Kier molecular flexibility index (Phi) is 5.55. The molecule has 5 atom stereocenters. The van der Waals surface area contributed by atoms with Gasteiger partial charge in [0.1, 0.15) is 11.5 Å². The minimum Gasteiger partial charge on any atom is -0.504 e. The Morgan fingerprint density at radius 2 is 2.18 bits per heavy atom. The van der Waals surface area contributed by atoms with Gasteiger partial charge in [-0.15, -0.1) is 6.58 Å². The molecule has 1 spiro atoms. The molecule has 0 radical (unpaired) electrons. The number of likely N-dealkylation sites (N-methyl/N-ethyl adjacent to an activating group) is 1. The first-order valence-corrected chi connectivity index (χ1v) is 13.1. The summed E-state index contributed by atoms with van der Waals surface area (Å²) in [4.78, 5) is 30.2. The highest BCUT2D eigenvalue weighted by Crippen LogP contribution is 2.66. The highest BCUT2D eigenvalue weighted by atomic mass is 16.6. The average Bonchev–Trinajstić information content (AvgIpc) is 3.25. The number of carbonyl (C=O) groups excluding carboxylic acids is 1. The zero-order chi connectivity index (χ0) is 26.8. The van der Waals surface area contributed by atoms with E-state index in [1.54, 1.807) is 24.1 Å². The molecule has 0 aromatic heterocycles. The Morgan fingerprint density at radius 3 is 2.92 bits per heavy atom. The van der Waals surface area contributed by atoms with Crippen LogP contribution in [0.1, 0.15) is 41.5 Å². The van der Waals surface area contributed by atoms with Crippen molar-refractivity contribution in [3.05, 3.63) is 81.4 Å². The van der Waals surface area contributed by atoms with Crippen LogP contribution in [0, 0.1) is 28.9 Å². The number of ether oxygens (including phenoxy) is 1. The van der Waals surface area contributed by atoms with Crippen LogP contribution < -0.4 is 4.74 Å². The number of piperidine rings is 1. The summed E-state index contributed by atoms with van der Waals surface area (Å²) in [6, 6.07) is 10.4. The zero-order valence-electron chi connectivity index (χ0n) is 21.6. The van der Waals surface area contributed by atoms with Gasteiger partial charge in [-0.05, 0) is 55.5 Å². The van der Waals surface area contributed by atoms with Gasteiger partial charge in [-0.1, -0.05) is 30.2 Å². The van der Waals surface area contributed by atoms with E-state index in [2.05, 4.69) is 23.3 Å². The van der Waals surface area contributed by atoms with Gasteiger partial charge in [0.2, 0.25) is 0 Å². The van der Waals surface area contributed by atoms with Crippen molar-refractivity contribution >= 4 is 5.91 Å². The standard InChI is InChI=1S/C30H31N3O5/c1-4-15-32-16-14-29-26-21-9-10-23(34)27(26)38-28(29)22(12-13-30(29,33(36)37)24(32)18-21)31(3)25(35)11-8-20-7-5-6-19(2)17-20/h4-7,9-10,17,22,24,28,34H,1,12-16,18H2,2-3H3/t22-,24-,28+,29+,30-/m1/s1. The van der Waals surface area contributed by atoms with E-state index in [0.29, 0.717) is 44.5 Å². The molecular weight excluding hydrogens is 482 g/mol. The highest BCUT2D eigenvalue weighted by Gasteiger charge is 2.80. The zero-order valence-corrected chi connectivity index (χ0v) is 21.6. The predicted octanol–water partition coefficient (Wildman–Crippen LogP) is 3.20. The number of hydrogen-bond acceptors (Lipinski definition) is 6. The maximum absolute atomic E-state index is 13.3. The fraction of sp³-hybridized carbons (Fsp3) is 0.433. The third-order valence-electron chi connectivity index (χ3n) is 9.38. The molecule has 2 aliphatic carbocycles. The minimum atomic E-state index is -1.29. The molecule has 2 aromatic carbocycles. The maximum Gasteiger partial charge on any atom is 0.298 e. The van der Waals surface area contributed by atoms with Gasteiger partial charge in [-0.2, -0.15) is 0 Å². The van der Waals surface area contributed by atoms with E-state index in [1.807, 2.05) is 37.3 Å². The van der Waals surface area contributed by atoms with Crippen LogP contribution in [0.25, 0.3) is 0 Å². The number of nitro groups is 1. The number of likely N-dealkylation sites (tertiary alicyclic amines) is 1. The molecule has 2 aromatic rings. The second-order valence-corrected chi connectivity index (χ2v) is 11.0. The van der Waals surface area contributed by atoms with Crippen LogP contribution in [-0.4, -0.2) is 69.6 Å². The summed E-state index contributed by atoms with van der Waals surface area (Å²) in [7, 11) is 1.70. The van der Waals surface area contributed by atoms with Crippen molar-refractivity contribution in [1.29, 1.82) is 0 Å². The lowest BCUT2D eigenvalue weighted by molar-refractivity contribution is -0.605. The Balaban J connectivity index is 1.44. The quantitative estimate of drug-likeness (QED) is 0.292. The summed E-state index contributed by atoms with van der Waals surface area (Å²) in [5, 5.41) is 24.0. The van der Waals surface area contributed by atoms with Crippen molar-refractivity contribution in [3.63, 3.8) is 0 Å². The van der Waals surface area contributed by atoms with Crippen LogP contribution in [-0.2, 0) is 16.6 Å². The van der Waals surface area contributed by atoms with Crippen molar-refractivity contribution in [2.75, 3.05) is 20.1 Å². The number of benzene rings is 2. The minimum absolute atomic E-state index is 0.0105. The summed E-state index contributed by atoms with van der Waals surface area (Å²) in [5.41, 5.74) is 1.31. The summed E-state index contributed by atoms with van der Waals surface area (Å²) >= 11 is 0. The van der Waals surface area contributed by atoms with Crippen molar-refractivity contribution in [1.82, 2.24) is 9.80 Å². The van der Waals surface area contributed by atoms with Gasteiger partial charge in [0.15, 0.2) is 11.5 Å². The Bertz CT molecular complexity index is 1430. The van der Waals surface area contributed by atoms with E-state index in [-0.39, 0.29) is 22.6 Å². The van der Waals surface area contributed by atoms with Gasteiger partial charge in [-0.3, -0.25) is 19.8 Å². The number of nitrogens with zero attached hydrogens (tertiary/aromatic N) is 3. The molecule has 8 nitrogen and oxygen atoms in total. The molecule has 1 amide bonds. The topological polar surface area (TPSA) is 96.2 Å². The number of aromatic hydroxyl groups is 1. The van der Waals surface area contributed by atoms with Crippen molar-refractivity contribution in [2.45, 2.75) is 61.7 Å². The SMILES string of the molecule is C=CCN1CC[C@]23c4c5ccc(O)c4O[C@H]2[C@H](N(C)C(=O)C#Cc2cccc(C)c2)CC[C@@]3([N+](=O)[O-])[C@H]1C5. The lowest BCUT2D eigenvalue weighted by atomic mass is 9.46. The molecule has 6 rings (SSSR count). The number of phenols is 1. The molecule has 8 heteroatoms. The molecule has 0 unspecified atom stereocenters. The first kappa shape index (κ1) is 24.5. The molecule has 2 heterocycles. The Morgan fingerprint density at radius 1 is 1.37 bits per heavy atom. The smallest absolute Gasteiger partial charge is 0.298 e. The molecule has 1 saturated heterocycles. The molecule has 2 fully saturated rings. The Hall–Kier alpha value is -3.83. The van der Waals surface area contributed by atoms with Crippen LogP contribution in [0.15, 0.2) is 49.1 Å². The lowest BCUT2D eigenvalue weighted by Gasteiger charge is -2.61. The number of rotatable bonds is 4. The van der Waals surface area contributed by atoms with Gasteiger partial charge in [0, 0.05) is 48.5 Å². The van der Waals surface area contributed by atoms with E-state index >= 15 is 0 Å². The summed E-state index contributed by atoms with van der Waals surface area (Å²) in [5.74, 6) is 5.69. The Labute approximate surface area is 222 Å². The number of aryl methyl sites for hydroxylation is 1. The third kappa shape index (κ3) is 3.11. The number of hydrogen-bond donors (Lipinski definition) is 1. The molecule has 196 valence electrons. The van der Waals surface area contributed by atoms with E-state index < -0.39 is 23.1 Å². The van der Waals surface area contributed by atoms with Crippen molar-refractivity contribution in [3.8, 4) is 23.3 Å². The van der Waals surface area contributed by atoms with E-state index in [0.717, 1.165) is 22.3 Å². The second kappa shape index (κ2) is 8.60. The van der Waals surface area contributed by atoms with Crippen molar-refractivity contribution in [2.24, 2.45) is 0 Å². The number of carbonyl (C=O) groups is 1. The average molecular weight is 514 g/mol. The van der Waals surface area contributed by atoms with Crippen LogP contribution in [0.2, 0.25) is 0 Å². The van der Waals surface area contributed by atoms with Gasteiger partial charge >= 0.3 is 0 Å². The molecule has 4 aliphatic rings. The van der Waals surface area contributed by atoms with Crippen molar-refractivity contribution < 1.29 is 19.6 Å². The molecule has 38 heavy (non-hydrogen) atoms. The monoisotopic (exact) mass is 513 g/mol. The summed E-state index contributed by atoms with van der Waals surface area (Å²) in [6.07, 6.45) is 2.87. The van der Waals surface area contributed by atoms with Gasteiger partial charge < -0.3 is 14.7 Å². The second-order valence-electron chi connectivity index (χ2n) is 11.0. The summed E-state index contributed by atoms with van der Waals surface area (Å²) < 4.78 is 6.51. The third-order valence-corrected chi connectivity index (χ3v) is 9.38. The van der Waals surface area contributed by atoms with E-state index in [9.17, 15) is 20.0 Å². The van der Waals surface area contributed by atoms with Crippen LogP contribution in [0.4, 0.5) is 0 Å². The predicted molar refractivity (Wildman–Crippen MR) is 142 cm³/mol. The fourth-order valence-corrected chi connectivity index (χ4v) is 7.85. The largest absolute Gasteiger partial charge is 0.504 e. The van der Waals surface area contributed by atoms with E-state index in [1.165, 1.54) is 0 Å². The van der Waals surface area contributed by atoms with Gasteiger partial charge in [-0.25, -0.2) is 0 Å². The number of amides is 1. The number of phenolic OH excluding ortho intramolecular Hbond substituents is 1. The molecule has 1 N–H and O–H groups in total. The van der Waals surface area contributed by atoms with Crippen LogP contribution in [0.3, 0.4) is 0 Å². The lowest BCUT2D eigenvalue weighted by Crippen LogP contribution is -2.80. The first-order chi connectivity index (χ1) is 18.2. The molecular formula is C30H31N3O5. The highest BCUT2D eigenvalue weighted by molar-refractivity contribution is 5.94. The fourth-order valence-electron chi connectivity index (χ4n) is 7.85. The van der Waals surface area contributed by atoms with Crippen LogP contribution >= 0.6 is 0 Å². The normalized spacial score (nSPS) is 30.3. The first-order valence-electron chi connectivity index (χ1n) is 13.1.